The molecule has 0 amide bonds. The van der Waals surface area contributed by atoms with Gasteiger partial charge in [-0.25, -0.2) is 4.99 Å². The van der Waals surface area contributed by atoms with E-state index >= 15 is 0 Å². The van der Waals surface area contributed by atoms with Crippen LogP contribution in [0.2, 0.25) is 0 Å². The van der Waals surface area contributed by atoms with Crippen LogP contribution < -0.4 is 5.32 Å². The molecule has 1 rings (SSSR count). The molecule has 0 aromatic heterocycles. The van der Waals surface area contributed by atoms with Crippen LogP contribution in [0.3, 0.4) is 0 Å². The first kappa shape index (κ1) is 10.4. The average molecular weight is 184 g/mol. The number of rotatable bonds is 0. The first-order valence-corrected chi connectivity index (χ1v) is 4.90. The standard InChI is InChI=1S/C10H20N2O/c1-7-6-8(2)12-9(11-7)13-10(3,4)5/h7-8H,6H2,1-5H3,(H,11,12). The molecule has 76 valence electrons. The van der Waals surface area contributed by atoms with Gasteiger partial charge in [0.1, 0.15) is 5.60 Å². The molecule has 13 heavy (non-hydrogen) atoms. The van der Waals surface area contributed by atoms with Gasteiger partial charge in [0.25, 0.3) is 6.02 Å². The lowest BCUT2D eigenvalue weighted by Gasteiger charge is -2.29. The number of nitrogens with zero attached hydrogens (tertiary/aromatic N) is 1. The molecular weight excluding hydrogens is 164 g/mol. The molecule has 0 bridgehead atoms. The highest BCUT2D eigenvalue weighted by atomic mass is 16.5. The number of hydrogen-bond acceptors (Lipinski definition) is 3. The summed E-state index contributed by atoms with van der Waals surface area (Å²) in [4.78, 5) is 4.40. The molecule has 1 aliphatic heterocycles. The van der Waals surface area contributed by atoms with E-state index in [2.05, 4.69) is 24.2 Å². The third-order valence-corrected chi connectivity index (χ3v) is 1.81. The molecule has 3 nitrogen and oxygen atoms in total. The van der Waals surface area contributed by atoms with Crippen molar-refractivity contribution >= 4 is 6.02 Å². The first-order chi connectivity index (χ1) is 5.87. The van der Waals surface area contributed by atoms with Crippen molar-refractivity contribution in [1.29, 1.82) is 0 Å². The molecule has 0 aliphatic carbocycles. The van der Waals surface area contributed by atoms with Gasteiger partial charge in [-0.3, -0.25) is 0 Å². The fourth-order valence-electron chi connectivity index (χ4n) is 1.42. The molecule has 0 aromatic rings. The first-order valence-electron chi connectivity index (χ1n) is 4.90. The van der Waals surface area contributed by atoms with E-state index in [9.17, 15) is 0 Å². The van der Waals surface area contributed by atoms with Crippen molar-refractivity contribution < 1.29 is 4.74 Å². The Morgan fingerprint density at radius 3 is 2.46 bits per heavy atom. The summed E-state index contributed by atoms with van der Waals surface area (Å²) in [6, 6.07) is 1.53. The molecule has 0 saturated carbocycles. The lowest BCUT2D eigenvalue weighted by Crippen LogP contribution is -2.43. The number of amidine groups is 1. The zero-order valence-corrected chi connectivity index (χ0v) is 9.22. The van der Waals surface area contributed by atoms with Crippen molar-refractivity contribution in [2.75, 3.05) is 0 Å². The van der Waals surface area contributed by atoms with Crippen LogP contribution in [0.15, 0.2) is 4.99 Å². The molecular formula is C10H20N2O. The predicted octanol–water partition coefficient (Wildman–Crippen LogP) is 1.93. The minimum atomic E-state index is -0.164. The Hall–Kier alpha value is -0.730. The number of hydrogen-bond donors (Lipinski definition) is 1. The van der Waals surface area contributed by atoms with Crippen LogP contribution in [0.1, 0.15) is 41.0 Å². The SMILES string of the molecule is CC1CC(C)NC(OC(C)(C)C)=N1. The largest absolute Gasteiger partial charge is 0.460 e. The second kappa shape index (κ2) is 3.56. The Morgan fingerprint density at radius 2 is 2.00 bits per heavy atom. The van der Waals surface area contributed by atoms with E-state index in [1.807, 2.05) is 20.8 Å². The summed E-state index contributed by atoms with van der Waals surface area (Å²) in [5, 5.41) is 3.23. The predicted molar refractivity (Wildman–Crippen MR) is 54.9 cm³/mol. The van der Waals surface area contributed by atoms with Crippen molar-refractivity contribution in [2.45, 2.75) is 58.7 Å². The lowest BCUT2D eigenvalue weighted by atomic mass is 10.1. The molecule has 3 heteroatoms. The van der Waals surface area contributed by atoms with Crippen LogP contribution in [0.25, 0.3) is 0 Å². The van der Waals surface area contributed by atoms with Gasteiger partial charge in [-0.05, 0) is 41.0 Å². The third kappa shape index (κ3) is 3.66. The topological polar surface area (TPSA) is 33.6 Å². The monoisotopic (exact) mass is 184 g/mol. The van der Waals surface area contributed by atoms with Gasteiger partial charge in [0.15, 0.2) is 0 Å². The van der Waals surface area contributed by atoms with E-state index in [1.165, 1.54) is 0 Å². The molecule has 1 aliphatic rings. The number of aliphatic imine (C=N–C) groups is 1. The van der Waals surface area contributed by atoms with E-state index in [-0.39, 0.29) is 5.60 Å². The van der Waals surface area contributed by atoms with Gasteiger partial charge in [0.05, 0.1) is 6.04 Å². The maximum absolute atomic E-state index is 5.66. The minimum Gasteiger partial charge on any atom is -0.460 e. The smallest absolute Gasteiger partial charge is 0.285 e. The highest BCUT2D eigenvalue weighted by Gasteiger charge is 2.21. The Bertz CT molecular complexity index is 205. The van der Waals surface area contributed by atoms with Crippen molar-refractivity contribution in [2.24, 2.45) is 4.99 Å². The van der Waals surface area contributed by atoms with E-state index in [0.29, 0.717) is 18.1 Å². The summed E-state index contributed by atoms with van der Waals surface area (Å²) in [5.74, 6) is 0. The van der Waals surface area contributed by atoms with E-state index in [1.54, 1.807) is 0 Å². The molecule has 1 N–H and O–H groups in total. The zero-order valence-electron chi connectivity index (χ0n) is 9.22. The van der Waals surface area contributed by atoms with Gasteiger partial charge >= 0.3 is 0 Å². The number of ether oxygens (including phenoxy) is 1. The second-order valence-electron chi connectivity index (χ2n) is 4.78. The highest BCUT2D eigenvalue weighted by molar-refractivity contribution is 5.75. The fourth-order valence-corrected chi connectivity index (χ4v) is 1.42. The molecule has 0 spiro atoms. The maximum atomic E-state index is 5.66. The summed E-state index contributed by atoms with van der Waals surface area (Å²) in [5.41, 5.74) is -0.164. The Morgan fingerprint density at radius 1 is 1.38 bits per heavy atom. The summed E-state index contributed by atoms with van der Waals surface area (Å²) in [6.45, 7) is 10.4. The van der Waals surface area contributed by atoms with Crippen molar-refractivity contribution in [3.63, 3.8) is 0 Å². The van der Waals surface area contributed by atoms with Crippen LogP contribution in [0.5, 0.6) is 0 Å². The molecule has 0 aromatic carbocycles. The normalized spacial score (nSPS) is 29.2. The van der Waals surface area contributed by atoms with Gasteiger partial charge in [0.2, 0.25) is 0 Å². The molecule has 0 radical (unpaired) electrons. The lowest BCUT2D eigenvalue weighted by molar-refractivity contribution is 0.103. The van der Waals surface area contributed by atoms with Gasteiger partial charge < -0.3 is 10.1 Å². The number of nitrogens with one attached hydrogen (secondary N) is 1. The van der Waals surface area contributed by atoms with Crippen LogP contribution >= 0.6 is 0 Å². The van der Waals surface area contributed by atoms with Crippen LogP contribution in [0.4, 0.5) is 0 Å². The van der Waals surface area contributed by atoms with Crippen molar-refractivity contribution in [3.8, 4) is 0 Å². The molecule has 1 heterocycles. The van der Waals surface area contributed by atoms with Gasteiger partial charge in [-0.2, -0.15) is 0 Å². The maximum Gasteiger partial charge on any atom is 0.285 e. The summed E-state index contributed by atoms with van der Waals surface area (Å²) in [7, 11) is 0. The van der Waals surface area contributed by atoms with E-state index in [0.717, 1.165) is 6.42 Å². The summed E-state index contributed by atoms with van der Waals surface area (Å²) < 4.78 is 5.66. The Balaban J connectivity index is 2.59. The van der Waals surface area contributed by atoms with E-state index < -0.39 is 0 Å². The molecule has 2 unspecified atom stereocenters. The summed E-state index contributed by atoms with van der Waals surface area (Å²) >= 11 is 0. The van der Waals surface area contributed by atoms with Crippen molar-refractivity contribution in [3.05, 3.63) is 0 Å². The van der Waals surface area contributed by atoms with E-state index in [4.69, 9.17) is 4.74 Å². The van der Waals surface area contributed by atoms with Gasteiger partial charge in [0, 0.05) is 6.04 Å². The second-order valence-corrected chi connectivity index (χ2v) is 4.78. The van der Waals surface area contributed by atoms with Gasteiger partial charge in [-0.1, -0.05) is 0 Å². The van der Waals surface area contributed by atoms with Gasteiger partial charge in [-0.15, -0.1) is 0 Å². The average Bonchev–Trinajstić information content (AvgIpc) is 1.78. The van der Waals surface area contributed by atoms with Crippen LogP contribution in [0, 0.1) is 0 Å². The quantitative estimate of drug-likeness (QED) is 0.624. The fraction of sp³-hybridized carbons (Fsp3) is 0.900. The Labute approximate surface area is 80.6 Å². The Kier molecular flexibility index (Phi) is 2.84. The third-order valence-electron chi connectivity index (χ3n) is 1.81. The molecule has 0 fully saturated rings. The molecule has 2 atom stereocenters. The minimum absolute atomic E-state index is 0.164. The highest BCUT2D eigenvalue weighted by Crippen LogP contribution is 2.13. The molecule has 0 saturated heterocycles. The van der Waals surface area contributed by atoms with Crippen molar-refractivity contribution in [1.82, 2.24) is 5.32 Å². The van der Waals surface area contributed by atoms with Crippen LogP contribution in [-0.4, -0.2) is 23.7 Å². The summed E-state index contributed by atoms with van der Waals surface area (Å²) in [6.07, 6.45) is 1.08. The zero-order chi connectivity index (χ0) is 10.1. The van der Waals surface area contributed by atoms with Crippen LogP contribution in [-0.2, 0) is 4.74 Å².